The summed E-state index contributed by atoms with van der Waals surface area (Å²) < 4.78 is 33.1. The SMILES string of the molecule is CCCNC(CCCOC)Cc1c(F)ccc(Br)c1F. The minimum atomic E-state index is -0.500. The van der Waals surface area contributed by atoms with Crippen LogP contribution in [0.3, 0.4) is 0 Å². The first-order valence-electron chi connectivity index (χ1n) is 6.94. The van der Waals surface area contributed by atoms with Crippen LogP contribution in [0.4, 0.5) is 8.78 Å². The number of nitrogens with one attached hydrogen (secondary N) is 1. The summed E-state index contributed by atoms with van der Waals surface area (Å²) in [6.45, 7) is 3.57. The number of rotatable bonds is 9. The van der Waals surface area contributed by atoms with E-state index >= 15 is 0 Å². The largest absolute Gasteiger partial charge is 0.385 e. The lowest BCUT2D eigenvalue weighted by Crippen LogP contribution is -2.32. The molecular formula is C15H22BrF2NO. The molecule has 0 aliphatic rings. The lowest BCUT2D eigenvalue weighted by molar-refractivity contribution is 0.188. The molecule has 0 spiro atoms. The summed E-state index contributed by atoms with van der Waals surface area (Å²) in [5.41, 5.74) is 0.144. The van der Waals surface area contributed by atoms with Crippen LogP contribution in [0, 0.1) is 11.6 Å². The van der Waals surface area contributed by atoms with Crippen LogP contribution < -0.4 is 5.32 Å². The number of hydrogen-bond donors (Lipinski definition) is 1. The van der Waals surface area contributed by atoms with Gasteiger partial charge < -0.3 is 10.1 Å². The third-order valence-electron chi connectivity index (χ3n) is 3.17. The third kappa shape index (κ3) is 5.46. The van der Waals surface area contributed by atoms with E-state index in [-0.39, 0.29) is 11.6 Å². The summed E-state index contributed by atoms with van der Waals surface area (Å²) in [5, 5.41) is 3.35. The molecule has 114 valence electrons. The van der Waals surface area contributed by atoms with Crippen LogP contribution in [0.2, 0.25) is 0 Å². The number of ether oxygens (including phenoxy) is 1. The van der Waals surface area contributed by atoms with Crippen LogP contribution in [0.25, 0.3) is 0 Å². The van der Waals surface area contributed by atoms with Gasteiger partial charge in [-0.2, -0.15) is 0 Å². The van der Waals surface area contributed by atoms with Crippen LogP contribution in [0.5, 0.6) is 0 Å². The molecule has 1 N–H and O–H groups in total. The highest BCUT2D eigenvalue weighted by atomic mass is 79.9. The van der Waals surface area contributed by atoms with Gasteiger partial charge in [0.2, 0.25) is 0 Å². The van der Waals surface area contributed by atoms with E-state index in [1.807, 2.05) is 0 Å². The van der Waals surface area contributed by atoms with Gasteiger partial charge in [0.15, 0.2) is 0 Å². The number of benzene rings is 1. The van der Waals surface area contributed by atoms with Crippen molar-refractivity contribution in [3.05, 3.63) is 33.8 Å². The number of methoxy groups -OCH3 is 1. The Balaban J connectivity index is 2.74. The van der Waals surface area contributed by atoms with E-state index in [9.17, 15) is 8.78 Å². The quantitative estimate of drug-likeness (QED) is 0.536. The van der Waals surface area contributed by atoms with Gasteiger partial charge in [-0.05, 0) is 60.3 Å². The average molecular weight is 350 g/mol. The van der Waals surface area contributed by atoms with E-state index in [4.69, 9.17) is 4.74 Å². The minimum Gasteiger partial charge on any atom is -0.385 e. The van der Waals surface area contributed by atoms with Crippen molar-refractivity contribution in [2.24, 2.45) is 0 Å². The fourth-order valence-electron chi connectivity index (χ4n) is 2.10. The van der Waals surface area contributed by atoms with Crippen LogP contribution in [-0.4, -0.2) is 26.3 Å². The van der Waals surface area contributed by atoms with E-state index in [1.165, 1.54) is 12.1 Å². The van der Waals surface area contributed by atoms with E-state index < -0.39 is 11.6 Å². The van der Waals surface area contributed by atoms with Crippen molar-refractivity contribution >= 4 is 15.9 Å². The monoisotopic (exact) mass is 349 g/mol. The topological polar surface area (TPSA) is 21.3 Å². The maximum atomic E-state index is 14.0. The zero-order valence-corrected chi connectivity index (χ0v) is 13.6. The molecule has 0 saturated heterocycles. The lowest BCUT2D eigenvalue weighted by atomic mass is 10.0. The van der Waals surface area contributed by atoms with Crippen LogP contribution >= 0.6 is 15.9 Å². The first-order chi connectivity index (χ1) is 9.60. The van der Waals surface area contributed by atoms with Gasteiger partial charge in [0, 0.05) is 25.3 Å². The van der Waals surface area contributed by atoms with Crippen molar-refractivity contribution in [1.82, 2.24) is 5.32 Å². The molecule has 2 nitrogen and oxygen atoms in total. The fraction of sp³-hybridized carbons (Fsp3) is 0.600. The van der Waals surface area contributed by atoms with Gasteiger partial charge in [-0.1, -0.05) is 6.92 Å². The molecule has 1 unspecified atom stereocenters. The second kappa shape index (κ2) is 9.42. The second-order valence-corrected chi connectivity index (χ2v) is 5.67. The Morgan fingerprint density at radius 3 is 2.75 bits per heavy atom. The smallest absolute Gasteiger partial charge is 0.143 e. The van der Waals surface area contributed by atoms with Gasteiger partial charge in [-0.25, -0.2) is 8.78 Å². The Kier molecular flexibility index (Phi) is 8.26. The summed E-state index contributed by atoms with van der Waals surface area (Å²) in [7, 11) is 1.65. The highest BCUT2D eigenvalue weighted by molar-refractivity contribution is 9.10. The minimum absolute atomic E-state index is 0.0587. The maximum absolute atomic E-state index is 14.0. The zero-order valence-electron chi connectivity index (χ0n) is 12.0. The van der Waals surface area contributed by atoms with Crippen LogP contribution in [0.15, 0.2) is 16.6 Å². The molecule has 0 saturated carbocycles. The zero-order chi connectivity index (χ0) is 15.0. The molecule has 1 rings (SSSR count). The number of halogens is 3. The summed E-state index contributed by atoms with van der Waals surface area (Å²) >= 11 is 3.10. The maximum Gasteiger partial charge on any atom is 0.143 e. The first kappa shape index (κ1) is 17.5. The first-order valence-corrected chi connectivity index (χ1v) is 7.74. The Hall–Kier alpha value is -0.520. The highest BCUT2D eigenvalue weighted by Gasteiger charge is 2.17. The van der Waals surface area contributed by atoms with Crippen LogP contribution in [-0.2, 0) is 11.2 Å². The van der Waals surface area contributed by atoms with Crippen molar-refractivity contribution in [3.8, 4) is 0 Å². The predicted molar refractivity (Wildman–Crippen MR) is 81.0 cm³/mol. The van der Waals surface area contributed by atoms with Gasteiger partial charge in [0.25, 0.3) is 0 Å². The van der Waals surface area contributed by atoms with E-state index in [0.717, 1.165) is 25.8 Å². The Bertz CT molecular complexity index is 415. The van der Waals surface area contributed by atoms with Gasteiger partial charge in [-0.3, -0.25) is 0 Å². The third-order valence-corrected chi connectivity index (χ3v) is 3.79. The normalized spacial score (nSPS) is 12.7. The molecule has 0 fully saturated rings. The molecule has 0 bridgehead atoms. The average Bonchev–Trinajstić information content (AvgIpc) is 2.44. The molecule has 0 aromatic heterocycles. The molecule has 20 heavy (non-hydrogen) atoms. The highest BCUT2D eigenvalue weighted by Crippen LogP contribution is 2.23. The van der Waals surface area contributed by atoms with E-state index in [1.54, 1.807) is 7.11 Å². The Morgan fingerprint density at radius 2 is 2.10 bits per heavy atom. The molecule has 0 heterocycles. The lowest BCUT2D eigenvalue weighted by Gasteiger charge is -2.19. The molecule has 0 aliphatic carbocycles. The molecule has 5 heteroatoms. The Labute approximate surface area is 128 Å². The van der Waals surface area contributed by atoms with Gasteiger partial charge in [-0.15, -0.1) is 0 Å². The summed E-state index contributed by atoms with van der Waals surface area (Å²) in [6.07, 6.45) is 3.04. The number of hydrogen-bond acceptors (Lipinski definition) is 2. The molecule has 1 atom stereocenters. The van der Waals surface area contributed by atoms with Crippen molar-refractivity contribution in [2.75, 3.05) is 20.3 Å². The van der Waals surface area contributed by atoms with E-state index in [2.05, 4.69) is 28.2 Å². The second-order valence-electron chi connectivity index (χ2n) is 4.81. The molecule has 1 aromatic rings. The van der Waals surface area contributed by atoms with Gasteiger partial charge in [0.1, 0.15) is 11.6 Å². The summed E-state index contributed by atoms with van der Waals surface area (Å²) in [4.78, 5) is 0. The van der Waals surface area contributed by atoms with Crippen molar-refractivity contribution in [2.45, 2.75) is 38.6 Å². The van der Waals surface area contributed by atoms with Crippen molar-refractivity contribution in [1.29, 1.82) is 0 Å². The standard InChI is InChI=1S/C15H22BrF2NO/c1-3-8-19-11(5-4-9-20-2)10-12-14(17)7-6-13(16)15(12)18/h6-7,11,19H,3-5,8-10H2,1-2H3. The predicted octanol–water partition coefficient (Wildman–Crippen LogP) is 4.06. The Morgan fingerprint density at radius 1 is 1.35 bits per heavy atom. The van der Waals surface area contributed by atoms with Gasteiger partial charge >= 0.3 is 0 Å². The molecule has 0 amide bonds. The van der Waals surface area contributed by atoms with Crippen molar-refractivity contribution in [3.63, 3.8) is 0 Å². The summed E-state index contributed by atoms with van der Waals surface area (Å²) in [6, 6.07) is 2.76. The fourth-order valence-corrected chi connectivity index (χ4v) is 2.47. The van der Waals surface area contributed by atoms with Crippen LogP contribution in [0.1, 0.15) is 31.7 Å². The summed E-state index contributed by atoms with van der Waals surface area (Å²) in [5.74, 6) is -0.985. The van der Waals surface area contributed by atoms with Crippen molar-refractivity contribution < 1.29 is 13.5 Å². The molecule has 0 radical (unpaired) electrons. The van der Waals surface area contributed by atoms with E-state index in [0.29, 0.717) is 17.5 Å². The molecular weight excluding hydrogens is 328 g/mol. The molecule has 1 aromatic carbocycles. The molecule has 0 aliphatic heterocycles. The van der Waals surface area contributed by atoms with Gasteiger partial charge in [0.05, 0.1) is 4.47 Å².